The number of urea groups is 1. The number of nitrogens with zero attached hydrogens (tertiary/aromatic N) is 3. The van der Waals surface area contributed by atoms with Crippen LogP contribution in [0.25, 0.3) is 17.0 Å². The van der Waals surface area contributed by atoms with Crippen LogP contribution in [-0.4, -0.2) is 40.1 Å². The van der Waals surface area contributed by atoms with Gasteiger partial charge in [-0.2, -0.15) is 4.98 Å². The molecule has 1 aromatic heterocycles. The molecule has 4 rings (SSSR count). The van der Waals surface area contributed by atoms with Crippen LogP contribution in [0.3, 0.4) is 0 Å². The predicted octanol–water partition coefficient (Wildman–Crippen LogP) is 6.33. The number of carbonyl (C=O) groups excluding carboxylic acids is 1. The van der Waals surface area contributed by atoms with Gasteiger partial charge in [0, 0.05) is 27.6 Å². The van der Waals surface area contributed by atoms with Crippen molar-refractivity contribution in [1.29, 1.82) is 0 Å². The molecule has 0 radical (unpaired) electrons. The second-order valence-corrected chi connectivity index (χ2v) is 10.1. The monoisotopic (exact) mass is 480 g/mol. The highest BCUT2D eigenvalue weighted by molar-refractivity contribution is 7.98. The van der Waals surface area contributed by atoms with E-state index in [1.165, 1.54) is 9.79 Å². The molecule has 8 heteroatoms. The molecule has 172 valence electrons. The molecule has 3 aromatic rings. The predicted molar refractivity (Wildman–Crippen MR) is 135 cm³/mol. The molecular weight excluding hydrogens is 452 g/mol. The molecule has 0 spiro atoms. The number of hydrogen-bond acceptors (Lipinski definition) is 6. The van der Waals surface area contributed by atoms with Gasteiger partial charge in [-0.1, -0.05) is 31.1 Å². The second kappa shape index (κ2) is 10.1. The van der Waals surface area contributed by atoms with Gasteiger partial charge in [0.2, 0.25) is 5.82 Å². The van der Waals surface area contributed by atoms with Crippen molar-refractivity contribution in [2.45, 2.75) is 36.6 Å². The highest BCUT2D eigenvalue weighted by atomic mass is 32.2. The van der Waals surface area contributed by atoms with Crippen LogP contribution >= 0.6 is 23.5 Å². The van der Waals surface area contributed by atoms with E-state index in [0.717, 1.165) is 22.4 Å². The third-order valence-corrected chi connectivity index (χ3v) is 7.08. The second-order valence-electron chi connectivity index (χ2n) is 8.31. The smallest absolute Gasteiger partial charge is 0.322 e. The van der Waals surface area contributed by atoms with Gasteiger partial charge in [-0.15, -0.1) is 23.5 Å². The molecule has 0 bridgehead atoms. The lowest BCUT2D eigenvalue weighted by molar-refractivity contribution is 0.199. The standard InChI is InChI=1S/C25H28N4O2S2/c1-15(2)14-29-16(3)21(22(26-25(29)30)17-6-10-19(32-4)11-7-17)24-27-23(28-31-24)18-8-12-20(33-5)13-9-18/h6-13,15,22H,14H2,1-5H3,(H,26,30). The third-order valence-electron chi connectivity index (χ3n) is 5.60. The van der Waals surface area contributed by atoms with Crippen LogP contribution < -0.4 is 5.32 Å². The Hall–Kier alpha value is -2.71. The fourth-order valence-electron chi connectivity index (χ4n) is 3.88. The molecule has 33 heavy (non-hydrogen) atoms. The van der Waals surface area contributed by atoms with Crippen molar-refractivity contribution in [2.24, 2.45) is 5.92 Å². The maximum absolute atomic E-state index is 13.0. The van der Waals surface area contributed by atoms with E-state index < -0.39 is 0 Å². The van der Waals surface area contributed by atoms with Gasteiger partial charge in [0.1, 0.15) is 0 Å². The fourth-order valence-corrected chi connectivity index (χ4v) is 4.70. The first-order valence-electron chi connectivity index (χ1n) is 10.8. The summed E-state index contributed by atoms with van der Waals surface area (Å²) in [5.74, 6) is 1.27. The first-order valence-corrected chi connectivity index (χ1v) is 13.3. The van der Waals surface area contributed by atoms with E-state index in [1.54, 1.807) is 28.4 Å². The number of amides is 2. The van der Waals surface area contributed by atoms with Crippen molar-refractivity contribution in [3.05, 3.63) is 65.7 Å². The molecule has 6 nitrogen and oxygen atoms in total. The molecule has 0 fully saturated rings. The van der Waals surface area contributed by atoms with Crippen molar-refractivity contribution in [3.63, 3.8) is 0 Å². The Bertz CT molecular complexity index is 1150. The largest absolute Gasteiger partial charge is 0.334 e. The SMILES string of the molecule is CSc1ccc(-c2noc(C3=C(C)N(CC(C)C)C(=O)NC3c3ccc(SC)cc3)n2)cc1. The van der Waals surface area contributed by atoms with Crippen molar-refractivity contribution in [2.75, 3.05) is 19.1 Å². The van der Waals surface area contributed by atoms with Gasteiger partial charge in [-0.05, 0) is 67.3 Å². The van der Waals surface area contributed by atoms with E-state index in [9.17, 15) is 4.79 Å². The van der Waals surface area contributed by atoms with Crippen LogP contribution in [0.4, 0.5) is 4.79 Å². The van der Waals surface area contributed by atoms with Crippen molar-refractivity contribution in [1.82, 2.24) is 20.4 Å². The summed E-state index contributed by atoms with van der Waals surface area (Å²) in [7, 11) is 0. The van der Waals surface area contributed by atoms with Gasteiger partial charge < -0.3 is 9.84 Å². The molecule has 2 aromatic carbocycles. The Morgan fingerprint density at radius 2 is 1.64 bits per heavy atom. The molecule has 1 N–H and O–H groups in total. The van der Waals surface area contributed by atoms with E-state index in [0.29, 0.717) is 24.2 Å². The Kier molecular flexibility index (Phi) is 7.14. The fraction of sp³-hybridized carbons (Fsp3) is 0.320. The Morgan fingerprint density at radius 3 is 2.21 bits per heavy atom. The molecule has 1 aliphatic heterocycles. The summed E-state index contributed by atoms with van der Waals surface area (Å²) in [6.45, 7) is 6.75. The molecule has 2 heterocycles. The van der Waals surface area contributed by atoms with E-state index in [1.807, 2.05) is 55.8 Å². The zero-order valence-corrected chi connectivity index (χ0v) is 21.1. The third kappa shape index (κ3) is 4.96. The van der Waals surface area contributed by atoms with Crippen LogP contribution in [0, 0.1) is 5.92 Å². The molecule has 0 saturated heterocycles. The zero-order valence-electron chi connectivity index (χ0n) is 19.5. The quantitative estimate of drug-likeness (QED) is 0.398. The van der Waals surface area contributed by atoms with Crippen LogP contribution in [-0.2, 0) is 0 Å². The average Bonchev–Trinajstić information content (AvgIpc) is 3.31. The Labute approximate surface area is 203 Å². The van der Waals surface area contributed by atoms with Crippen molar-refractivity contribution in [3.8, 4) is 11.4 Å². The van der Waals surface area contributed by atoms with Crippen LogP contribution in [0.1, 0.15) is 38.3 Å². The maximum atomic E-state index is 13.0. The first kappa shape index (κ1) is 23.4. The molecule has 1 aliphatic rings. The molecule has 1 unspecified atom stereocenters. The molecular formula is C25H28N4O2S2. The molecule has 0 saturated carbocycles. The number of nitrogens with one attached hydrogen (secondary N) is 1. The van der Waals surface area contributed by atoms with Gasteiger partial charge >= 0.3 is 6.03 Å². The van der Waals surface area contributed by atoms with Gasteiger partial charge in [0.25, 0.3) is 5.89 Å². The summed E-state index contributed by atoms with van der Waals surface area (Å²) >= 11 is 3.37. The molecule has 2 amide bonds. The average molecular weight is 481 g/mol. The highest BCUT2D eigenvalue weighted by Crippen LogP contribution is 2.38. The van der Waals surface area contributed by atoms with E-state index in [4.69, 9.17) is 9.51 Å². The number of benzene rings is 2. The van der Waals surface area contributed by atoms with Crippen LogP contribution in [0.15, 0.2) is 68.5 Å². The van der Waals surface area contributed by atoms with Crippen LogP contribution in [0.2, 0.25) is 0 Å². The van der Waals surface area contributed by atoms with Gasteiger partial charge in [0.05, 0.1) is 11.6 Å². The number of rotatable bonds is 7. The van der Waals surface area contributed by atoms with Gasteiger partial charge in [-0.3, -0.25) is 4.90 Å². The summed E-state index contributed by atoms with van der Waals surface area (Å²) in [6.07, 6.45) is 4.09. The van der Waals surface area contributed by atoms with Crippen molar-refractivity contribution >= 4 is 35.1 Å². The Balaban J connectivity index is 1.77. The van der Waals surface area contributed by atoms with Crippen molar-refractivity contribution < 1.29 is 9.32 Å². The summed E-state index contributed by atoms with van der Waals surface area (Å²) in [5.41, 5.74) is 3.52. The number of aromatic nitrogens is 2. The van der Waals surface area contributed by atoms with E-state index >= 15 is 0 Å². The first-order chi connectivity index (χ1) is 15.9. The summed E-state index contributed by atoms with van der Waals surface area (Å²) in [4.78, 5) is 21.9. The zero-order chi connectivity index (χ0) is 23.5. The minimum atomic E-state index is -0.371. The van der Waals surface area contributed by atoms with Gasteiger partial charge in [-0.25, -0.2) is 4.79 Å². The van der Waals surface area contributed by atoms with Crippen LogP contribution in [0.5, 0.6) is 0 Å². The summed E-state index contributed by atoms with van der Waals surface area (Å²) in [6, 6.07) is 15.8. The number of hydrogen-bond donors (Lipinski definition) is 1. The Morgan fingerprint density at radius 1 is 1.03 bits per heavy atom. The van der Waals surface area contributed by atoms with E-state index in [2.05, 4.69) is 36.5 Å². The minimum Gasteiger partial charge on any atom is -0.334 e. The number of thioether (sulfide) groups is 2. The normalized spacial score (nSPS) is 16.5. The topological polar surface area (TPSA) is 71.3 Å². The summed E-state index contributed by atoms with van der Waals surface area (Å²) in [5, 5.41) is 7.41. The van der Waals surface area contributed by atoms with Gasteiger partial charge in [0.15, 0.2) is 0 Å². The maximum Gasteiger partial charge on any atom is 0.322 e. The lowest BCUT2D eigenvalue weighted by Gasteiger charge is -2.36. The minimum absolute atomic E-state index is 0.115. The number of allylic oxidation sites excluding steroid dienone is 1. The summed E-state index contributed by atoms with van der Waals surface area (Å²) < 4.78 is 5.76. The van der Waals surface area contributed by atoms with E-state index in [-0.39, 0.29) is 12.1 Å². The lowest BCUT2D eigenvalue weighted by atomic mass is 9.94. The molecule has 1 atom stereocenters. The molecule has 0 aliphatic carbocycles. The lowest BCUT2D eigenvalue weighted by Crippen LogP contribution is -2.47. The highest BCUT2D eigenvalue weighted by Gasteiger charge is 2.35. The number of carbonyl (C=O) groups is 1.